The van der Waals surface area contributed by atoms with Gasteiger partial charge in [-0.3, -0.25) is 0 Å². The predicted molar refractivity (Wildman–Crippen MR) is 167 cm³/mol. The summed E-state index contributed by atoms with van der Waals surface area (Å²) in [5.74, 6) is 0.592. The van der Waals surface area contributed by atoms with Crippen LogP contribution in [-0.4, -0.2) is 28.5 Å². The van der Waals surface area contributed by atoms with Crippen LogP contribution in [0.25, 0.3) is 43.1 Å². The van der Waals surface area contributed by atoms with Crippen molar-refractivity contribution >= 4 is 67.3 Å². The Labute approximate surface area is 238 Å². The van der Waals surface area contributed by atoms with E-state index in [1.165, 1.54) is 0 Å². The molecule has 200 valence electrons. The van der Waals surface area contributed by atoms with Crippen LogP contribution in [0.1, 0.15) is 27.7 Å². The molecule has 0 spiro atoms. The summed E-state index contributed by atoms with van der Waals surface area (Å²) in [6.45, 7) is 8.20. The first-order chi connectivity index (χ1) is 19.0. The minimum atomic E-state index is -0.395. The third-order valence-corrected chi connectivity index (χ3v) is 8.42. The van der Waals surface area contributed by atoms with Gasteiger partial charge >= 0.3 is 7.12 Å². The summed E-state index contributed by atoms with van der Waals surface area (Å²) in [5, 5.41) is 28.9. The summed E-state index contributed by atoms with van der Waals surface area (Å²) in [7, 11) is -0.395. The van der Waals surface area contributed by atoms with Crippen molar-refractivity contribution in [1.82, 2.24) is 0 Å². The summed E-state index contributed by atoms with van der Waals surface area (Å²) < 4.78 is 12.3. The fourth-order valence-corrected chi connectivity index (χ4v) is 5.48. The van der Waals surface area contributed by atoms with Gasteiger partial charge in [-0.25, -0.2) is 0 Å². The average molecular weight is 549 g/mol. The Morgan fingerprint density at radius 2 is 1.00 bits per heavy atom. The van der Waals surface area contributed by atoms with Gasteiger partial charge in [0.2, 0.25) is 0 Å². The monoisotopic (exact) mass is 548 g/mol. The fourth-order valence-electron chi connectivity index (χ4n) is 5.30. The molecule has 0 unspecified atom stereocenters. The Hall–Kier alpha value is -3.77. The van der Waals surface area contributed by atoms with Crippen molar-refractivity contribution < 1.29 is 19.5 Å². The van der Waals surface area contributed by atoms with Crippen LogP contribution in [0.5, 0.6) is 11.5 Å². The summed E-state index contributed by atoms with van der Waals surface area (Å²) in [5.41, 5.74) is 0.242. The zero-order chi connectivity index (χ0) is 28.2. The number of fused-ring (bicyclic) bond motifs is 6. The van der Waals surface area contributed by atoms with Crippen molar-refractivity contribution in [2.75, 3.05) is 0 Å². The molecule has 4 nitrogen and oxygen atoms in total. The SMILES string of the molecule is CC1(C)OB(c2ccc3c(c2)cc(O)c2ccccc23)OC1(C)C.Oc1cc2cc(Cl)ccc2c2ccccc12. The second kappa shape index (κ2) is 9.70. The van der Waals surface area contributed by atoms with Gasteiger partial charge in [0.05, 0.1) is 11.2 Å². The quantitative estimate of drug-likeness (QED) is 0.160. The molecule has 6 aromatic carbocycles. The number of aromatic hydroxyl groups is 2. The van der Waals surface area contributed by atoms with Gasteiger partial charge in [-0.2, -0.15) is 0 Å². The smallest absolute Gasteiger partial charge is 0.494 e. The molecule has 1 fully saturated rings. The van der Waals surface area contributed by atoms with E-state index < -0.39 is 7.12 Å². The number of rotatable bonds is 1. The van der Waals surface area contributed by atoms with E-state index in [0.717, 1.165) is 48.6 Å². The number of halogens is 1. The maximum atomic E-state index is 10.3. The number of phenolic OH excluding ortho intramolecular Hbond substituents is 2. The van der Waals surface area contributed by atoms with Crippen LogP contribution < -0.4 is 5.46 Å². The van der Waals surface area contributed by atoms with E-state index in [1.54, 1.807) is 6.07 Å². The normalized spacial score (nSPS) is 16.0. The highest BCUT2D eigenvalue weighted by Gasteiger charge is 2.51. The van der Waals surface area contributed by atoms with E-state index in [2.05, 4.69) is 6.07 Å². The maximum Gasteiger partial charge on any atom is 0.494 e. The van der Waals surface area contributed by atoms with Crippen LogP contribution in [0.2, 0.25) is 5.02 Å². The third kappa shape index (κ3) is 4.54. The first kappa shape index (κ1) is 26.5. The zero-order valence-corrected chi connectivity index (χ0v) is 23.7. The molecule has 6 aromatic rings. The van der Waals surface area contributed by atoms with Gasteiger partial charge in [0.25, 0.3) is 0 Å². The second-order valence-electron chi connectivity index (χ2n) is 11.3. The van der Waals surface area contributed by atoms with Crippen molar-refractivity contribution in [3.63, 3.8) is 0 Å². The van der Waals surface area contributed by atoms with Gasteiger partial charge < -0.3 is 19.5 Å². The lowest BCUT2D eigenvalue weighted by Crippen LogP contribution is -2.41. The fraction of sp³-hybridized carbons (Fsp3) is 0.176. The van der Waals surface area contributed by atoms with Gasteiger partial charge in [0.1, 0.15) is 11.5 Å². The lowest BCUT2D eigenvalue weighted by atomic mass is 9.78. The molecule has 1 aliphatic heterocycles. The molecule has 40 heavy (non-hydrogen) atoms. The maximum absolute atomic E-state index is 10.3. The number of hydrogen-bond acceptors (Lipinski definition) is 4. The van der Waals surface area contributed by atoms with Crippen molar-refractivity contribution in [2.24, 2.45) is 0 Å². The Bertz CT molecular complexity index is 1900. The molecule has 0 radical (unpaired) electrons. The van der Waals surface area contributed by atoms with E-state index in [-0.39, 0.29) is 11.2 Å². The summed E-state index contributed by atoms with van der Waals surface area (Å²) in [6.07, 6.45) is 0. The summed E-state index contributed by atoms with van der Waals surface area (Å²) >= 11 is 5.94. The highest BCUT2D eigenvalue weighted by atomic mass is 35.5. The first-order valence-electron chi connectivity index (χ1n) is 13.3. The molecule has 1 heterocycles. The highest BCUT2D eigenvalue weighted by molar-refractivity contribution is 6.62. The molecule has 2 N–H and O–H groups in total. The van der Waals surface area contributed by atoms with Crippen LogP contribution in [-0.2, 0) is 9.31 Å². The number of hydrogen-bond donors (Lipinski definition) is 2. The van der Waals surface area contributed by atoms with Crippen LogP contribution >= 0.6 is 11.6 Å². The topological polar surface area (TPSA) is 58.9 Å². The summed E-state index contributed by atoms with van der Waals surface area (Å²) in [4.78, 5) is 0. The van der Waals surface area contributed by atoms with Gasteiger partial charge in [-0.05, 0) is 89.7 Å². The van der Waals surface area contributed by atoms with Gasteiger partial charge in [-0.1, -0.05) is 84.4 Å². The Morgan fingerprint density at radius 3 is 1.52 bits per heavy atom. The molecule has 0 amide bonds. The van der Waals surface area contributed by atoms with E-state index in [4.69, 9.17) is 20.9 Å². The minimum absolute atomic E-state index is 0.296. The molecule has 0 aromatic heterocycles. The third-order valence-electron chi connectivity index (χ3n) is 8.19. The lowest BCUT2D eigenvalue weighted by molar-refractivity contribution is 0.00578. The van der Waals surface area contributed by atoms with E-state index in [0.29, 0.717) is 16.5 Å². The molecule has 0 atom stereocenters. The van der Waals surface area contributed by atoms with E-state index >= 15 is 0 Å². The van der Waals surface area contributed by atoms with Crippen molar-refractivity contribution in [2.45, 2.75) is 38.9 Å². The van der Waals surface area contributed by atoms with E-state index in [9.17, 15) is 10.2 Å². The Kier molecular flexibility index (Phi) is 6.42. The van der Waals surface area contributed by atoms with Gasteiger partial charge in [0, 0.05) is 15.8 Å². The van der Waals surface area contributed by atoms with Crippen LogP contribution in [0.4, 0.5) is 0 Å². The zero-order valence-electron chi connectivity index (χ0n) is 22.9. The number of benzene rings is 6. The van der Waals surface area contributed by atoms with Gasteiger partial charge in [-0.15, -0.1) is 0 Å². The lowest BCUT2D eigenvalue weighted by Gasteiger charge is -2.32. The standard InChI is InChI=1S/C20H21BO3.C14H9ClO/c1-19(2)20(3,4)24-21(23-19)14-9-10-15-13(11-14)12-18(22)17-8-6-5-7-16(15)17;15-10-5-6-11-9(7-10)8-14(16)13-4-2-1-3-12(11)13/h5-12,22H,1-4H3;1-8,16H. The average Bonchev–Trinajstić information content (AvgIpc) is 3.15. The van der Waals surface area contributed by atoms with Crippen LogP contribution in [0.15, 0.2) is 97.1 Å². The largest absolute Gasteiger partial charge is 0.507 e. The van der Waals surface area contributed by atoms with Crippen LogP contribution in [0, 0.1) is 0 Å². The molecular weight excluding hydrogens is 519 g/mol. The molecule has 1 aliphatic rings. The number of phenols is 2. The van der Waals surface area contributed by atoms with Crippen molar-refractivity contribution in [1.29, 1.82) is 0 Å². The Balaban J connectivity index is 0.000000157. The molecule has 0 saturated carbocycles. The minimum Gasteiger partial charge on any atom is -0.507 e. The highest BCUT2D eigenvalue weighted by Crippen LogP contribution is 2.38. The first-order valence-corrected chi connectivity index (χ1v) is 13.7. The molecule has 7 rings (SSSR count). The molecule has 0 bridgehead atoms. The molecule has 1 saturated heterocycles. The summed E-state index contributed by atoms with van der Waals surface area (Å²) in [6, 6.07) is 31.2. The Morgan fingerprint density at radius 1 is 0.550 bits per heavy atom. The molecule has 0 aliphatic carbocycles. The van der Waals surface area contributed by atoms with Crippen LogP contribution in [0.3, 0.4) is 0 Å². The second-order valence-corrected chi connectivity index (χ2v) is 11.8. The molecule has 6 heteroatoms. The van der Waals surface area contributed by atoms with Gasteiger partial charge in [0.15, 0.2) is 0 Å². The van der Waals surface area contributed by atoms with Crippen molar-refractivity contribution in [3.05, 3.63) is 102 Å². The molecular formula is C34H30BClO4. The van der Waals surface area contributed by atoms with E-state index in [1.807, 2.05) is 113 Å². The van der Waals surface area contributed by atoms with Crippen molar-refractivity contribution in [3.8, 4) is 11.5 Å². The predicted octanol–water partition coefficient (Wildman–Crippen LogP) is 8.35.